The number of halogens is 1. The average molecular weight is 358 g/mol. The minimum atomic E-state index is 0. The van der Waals surface area contributed by atoms with Crippen LogP contribution in [0.5, 0.6) is 5.75 Å². The number of nitrogens with zero attached hydrogens (tertiary/aromatic N) is 2. The van der Waals surface area contributed by atoms with E-state index in [0.717, 1.165) is 46.8 Å². The van der Waals surface area contributed by atoms with E-state index < -0.39 is 0 Å². The van der Waals surface area contributed by atoms with E-state index in [1.165, 1.54) is 0 Å². The molecule has 0 fully saturated rings. The molecule has 0 spiro atoms. The summed E-state index contributed by atoms with van der Waals surface area (Å²) in [5.41, 5.74) is 11.1. The summed E-state index contributed by atoms with van der Waals surface area (Å²) in [6.45, 7) is 5.35. The van der Waals surface area contributed by atoms with Crippen molar-refractivity contribution < 1.29 is 4.74 Å². The predicted octanol–water partition coefficient (Wildman–Crippen LogP) is 4.52. The minimum absolute atomic E-state index is 0. The Morgan fingerprint density at radius 1 is 1.12 bits per heavy atom. The van der Waals surface area contributed by atoms with Crippen LogP contribution < -0.4 is 10.5 Å². The summed E-state index contributed by atoms with van der Waals surface area (Å²) in [4.78, 5) is 0. The van der Waals surface area contributed by atoms with Crippen molar-refractivity contribution in [2.24, 2.45) is 5.73 Å². The van der Waals surface area contributed by atoms with Crippen molar-refractivity contribution in [3.8, 4) is 22.7 Å². The monoisotopic (exact) mass is 357 g/mol. The van der Waals surface area contributed by atoms with Crippen LogP contribution in [0.1, 0.15) is 24.5 Å². The van der Waals surface area contributed by atoms with E-state index in [2.05, 4.69) is 26.0 Å². The number of para-hydroxylation sites is 1. The van der Waals surface area contributed by atoms with Crippen LogP contribution in [-0.2, 0) is 6.54 Å². The first kappa shape index (κ1) is 19.0. The Labute approximate surface area is 155 Å². The van der Waals surface area contributed by atoms with Crippen molar-refractivity contribution >= 4 is 12.4 Å². The molecule has 0 bridgehead atoms. The fourth-order valence-corrected chi connectivity index (χ4v) is 2.69. The Bertz CT molecular complexity index is 815. The topological polar surface area (TPSA) is 53.1 Å². The number of hydrogen-bond acceptors (Lipinski definition) is 3. The first-order chi connectivity index (χ1) is 11.7. The highest BCUT2D eigenvalue weighted by atomic mass is 35.5. The molecule has 4 nitrogen and oxygen atoms in total. The Morgan fingerprint density at radius 2 is 1.88 bits per heavy atom. The van der Waals surface area contributed by atoms with E-state index in [1.807, 2.05) is 47.3 Å². The first-order valence-electron chi connectivity index (χ1n) is 8.30. The van der Waals surface area contributed by atoms with Crippen LogP contribution in [0.4, 0.5) is 0 Å². The summed E-state index contributed by atoms with van der Waals surface area (Å²) in [7, 11) is 0. The molecule has 2 aromatic carbocycles. The van der Waals surface area contributed by atoms with Gasteiger partial charge in [-0.05, 0) is 49.2 Å². The van der Waals surface area contributed by atoms with Gasteiger partial charge in [0.25, 0.3) is 0 Å². The number of hydrogen-bond donors (Lipinski definition) is 1. The Balaban J connectivity index is 0.00000225. The van der Waals surface area contributed by atoms with Gasteiger partial charge in [-0.2, -0.15) is 5.10 Å². The zero-order valence-corrected chi connectivity index (χ0v) is 15.4. The van der Waals surface area contributed by atoms with Crippen molar-refractivity contribution in [3.63, 3.8) is 0 Å². The molecule has 0 amide bonds. The molecule has 5 heteroatoms. The maximum absolute atomic E-state index is 5.94. The lowest BCUT2D eigenvalue weighted by molar-refractivity contribution is 0.315. The molecule has 0 aliphatic rings. The lowest BCUT2D eigenvalue weighted by Crippen LogP contribution is -1.99. The smallest absolute Gasteiger partial charge is 0.122 e. The second kappa shape index (κ2) is 8.70. The van der Waals surface area contributed by atoms with Crippen molar-refractivity contribution in [3.05, 3.63) is 65.9 Å². The van der Waals surface area contributed by atoms with Crippen LogP contribution in [0.3, 0.4) is 0 Å². The molecule has 1 heterocycles. The molecule has 3 rings (SSSR count). The molecule has 3 aromatic rings. The molecule has 0 radical (unpaired) electrons. The summed E-state index contributed by atoms with van der Waals surface area (Å²) in [5, 5.41) is 4.75. The van der Waals surface area contributed by atoms with Crippen molar-refractivity contribution in [1.29, 1.82) is 0 Å². The van der Waals surface area contributed by atoms with Gasteiger partial charge < -0.3 is 10.5 Å². The summed E-state index contributed by atoms with van der Waals surface area (Å²) in [5.74, 6) is 0.928. The fraction of sp³-hybridized carbons (Fsp3) is 0.250. The van der Waals surface area contributed by atoms with Gasteiger partial charge in [0.15, 0.2) is 0 Å². The van der Waals surface area contributed by atoms with Crippen LogP contribution in [-0.4, -0.2) is 16.4 Å². The quantitative estimate of drug-likeness (QED) is 0.705. The lowest BCUT2D eigenvalue weighted by Gasteiger charge is -2.09. The highest BCUT2D eigenvalue weighted by molar-refractivity contribution is 5.85. The van der Waals surface area contributed by atoms with Gasteiger partial charge in [0.1, 0.15) is 5.75 Å². The fourth-order valence-electron chi connectivity index (χ4n) is 2.69. The third kappa shape index (κ3) is 4.21. The molecular formula is C20H24ClN3O. The van der Waals surface area contributed by atoms with Crippen molar-refractivity contribution in [1.82, 2.24) is 9.78 Å². The maximum Gasteiger partial charge on any atom is 0.122 e. The SMILES string of the molecule is CCCOc1ccc(-c2nn(-c3ccccc3)cc2CN)cc1C.Cl. The molecular weight excluding hydrogens is 334 g/mol. The third-order valence-corrected chi connectivity index (χ3v) is 3.94. The number of nitrogens with two attached hydrogens (primary N) is 1. The minimum Gasteiger partial charge on any atom is -0.493 e. The number of aromatic nitrogens is 2. The third-order valence-electron chi connectivity index (χ3n) is 3.94. The number of benzene rings is 2. The van der Waals surface area contributed by atoms with Gasteiger partial charge >= 0.3 is 0 Å². The molecule has 0 aliphatic heterocycles. The second-order valence-electron chi connectivity index (χ2n) is 5.82. The van der Waals surface area contributed by atoms with Gasteiger partial charge in [0.2, 0.25) is 0 Å². The van der Waals surface area contributed by atoms with E-state index >= 15 is 0 Å². The second-order valence-corrected chi connectivity index (χ2v) is 5.82. The number of ether oxygens (including phenoxy) is 1. The van der Waals surface area contributed by atoms with Gasteiger partial charge in [-0.15, -0.1) is 12.4 Å². The largest absolute Gasteiger partial charge is 0.493 e. The lowest BCUT2D eigenvalue weighted by atomic mass is 10.1. The van der Waals surface area contributed by atoms with Gasteiger partial charge in [-0.25, -0.2) is 4.68 Å². The Hall–Kier alpha value is -2.30. The van der Waals surface area contributed by atoms with Gasteiger partial charge in [0.05, 0.1) is 18.0 Å². The molecule has 0 atom stereocenters. The van der Waals surface area contributed by atoms with E-state index in [4.69, 9.17) is 15.6 Å². The molecule has 132 valence electrons. The maximum atomic E-state index is 5.94. The Morgan fingerprint density at radius 3 is 2.52 bits per heavy atom. The summed E-state index contributed by atoms with van der Waals surface area (Å²) >= 11 is 0. The van der Waals surface area contributed by atoms with Crippen LogP contribution in [0.15, 0.2) is 54.7 Å². The number of rotatable bonds is 6. The van der Waals surface area contributed by atoms with Crippen molar-refractivity contribution in [2.45, 2.75) is 26.8 Å². The molecule has 0 unspecified atom stereocenters. The van der Waals surface area contributed by atoms with Crippen LogP contribution in [0.25, 0.3) is 16.9 Å². The summed E-state index contributed by atoms with van der Waals surface area (Å²) in [6.07, 6.45) is 3.00. The Kier molecular flexibility index (Phi) is 6.62. The van der Waals surface area contributed by atoms with E-state index in [-0.39, 0.29) is 12.4 Å². The molecule has 0 aliphatic carbocycles. The van der Waals surface area contributed by atoms with E-state index in [9.17, 15) is 0 Å². The predicted molar refractivity (Wildman–Crippen MR) is 105 cm³/mol. The van der Waals surface area contributed by atoms with E-state index in [1.54, 1.807) is 0 Å². The highest BCUT2D eigenvalue weighted by Gasteiger charge is 2.12. The highest BCUT2D eigenvalue weighted by Crippen LogP contribution is 2.28. The normalized spacial score (nSPS) is 10.4. The average Bonchev–Trinajstić information content (AvgIpc) is 3.06. The molecule has 0 saturated heterocycles. The van der Waals surface area contributed by atoms with E-state index in [0.29, 0.717) is 6.54 Å². The van der Waals surface area contributed by atoms with Crippen LogP contribution in [0, 0.1) is 6.92 Å². The molecule has 2 N–H and O–H groups in total. The van der Waals surface area contributed by atoms with Gasteiger partial charge in [-0.1, -0.05) is 25.1 Å². The zero-order chi connectivity index (χ0) is 16.9. The first-order valence-corrected chi connectivity index (χ1v) is 8.30. The van der Waals surface area contributed by atoms with Gasteiger partial charge in [0, 0.05) is 23.9 Å². The summed E-state index contributed by atoms with van der Waals surface area (Å²) in [6, 6.07) is 16.2. The van der Waals surface area contributed by atoms with Crippen molar-refractivity contribution in [2.75, 3.05) is 6.61 Å². The standard InChI is InChI=1S/C20H23N3O.ClH/c1-3-11-24-19-10-9-16(12-15(19)2)20-17(13-21)14-23(22-20)18-7-5-4-6-8-18;/h4-10,12,14H,3,11,13,21H2,1-2H3;1H. The molecule has 25 heavy (non-hydrogen) atoms. The zero-order valence-electron chi connectivity index (χ0n) is 14.6. The summed E-state index contributed by atoms with van der Waals surface area (Å²) < 4.78 is 7.64. The van der Waals surface area contributed by atoms with Gasteiger partial charge in [-0.3, -0.25) is 0 Å². The number of aryl methyl sites for hydroxylation is 1. The molecule has 0 saturated carbocycles. The van der Waals surface area contributed by atoms with Crippen LogP contribution >= 0.6 is 12.4 Å². The molecule has 1 aromatic heterocycles. The van der Waals surface area contributed by atoms with Crippen LogP contribution in [0.2, 0.25) is 0 Å².